The standard InChI is InChI=1S/C12H15N3O3/c1-17-11(16)10-4-5-13-12(14-10)15-8-2-3-9(15)7-18-6-8/h4-5,8-9H,2-3,6-7H2,1H3/t8-,9+. The number of rotatable bonds is 2. The zero-order valence-electron chi connectivity index (χ0n) is 10.2. The molecule has 3 rings (SSSR count). The second kappa shape index (κ2) is 4.53. The lowest BCUT2D eigenvalue weighted by Gasteiger charge is -2.34. The Balaban J connectivity index is 1.90. The van der Waals surface area contributed by atoms with Crippen LogP contribution in [0, 0.1) is 0 Å². The van der Waals surface area contributed by atoms with Crippen molar-refractivity contribution < 1.29 is 14.3 Å². The van der Waals surface area contributed by atoms with Gasteiger partial charge in [0.25, 0.3) is 0 Å². The maximum atomic E-state index is 11.5. The van der Waals surface area contributed by atoms with Gasteiger partial charge in [-0.3, -0.25) is 0 Å². The Morgan fingerprint density at radius 1 is 1.44 bits per heavy atom. The minimum absolute atomic E-state index is 0.299. The van der Waals surface area contributed by atoms with E-state index in [0.29, 0.717) is 36.9 Å². The number of carbonyl (C=O) groups is 1. The molecular formula is C12H15N3O3. The number of morpholine rings is 1. The van der Waals surface area contributed by atoms with Crippen molar-refractivity contribution in [2.75, 3.05) is 25.2 Å². The number of fused-ring (bicyclic) bond motifs is 2. The Morgan fingerprint density at radius 2 is 2.17 bits per heavy atom. The Hall–Kier alpha value is -1.69. The first-order valence-corrected chi connectivity index (χ1v) is 6.07. The zero-order chi connectivity index (χ0) is 12.5. The number of hydrogen-bond acceptors (Lipinski definition) is 6. The van der Waals surface area contributed by atoms with Crippen LogP contribution in [0.1, 0.15) is 23.3 Å². The molecule has 0 aromatic carbocycles. The number of hydrogen-bond donors (Lipinski definition) is 0. The highest BCUT2D eigenvalue weighted by molar-refractivity contribution is 5.87. The highest BCUT2D eigenvalue weighted by atomic mass is 16.5. The van der Waals surface area contributed by atoms with E-state index < -0.39 is 5.97 Å². The lowest BCUT2D eigenvalue weighted by molar-refractivity contribution is 0.0593. The van der Waals surface area contributed by atoms with E-state index >= 15 is 0 Å². The zero-order valence-corrected chi connectivity index (χ0v) is 10.2. The molecule has 2 atom stereocenters. The molecule has 0 N–H and O–H groups in total. The topological polar surface area (TPSA) is 64.5 Å². The predicted molar refractivity (Wildman–Crippen MR) is 63.5 cm³/mol. The van der Waals surface area contributed by atoms with Gasteiger partial charge in [0.05, 0.1) is 32.4 Å². The van der Waals surface area contributed by atoms with Crippen molar-refractivity contribution in [1.29, 1.82) is 0 Å². The molecule has 2 saturated heterocycles. The molecule has 2 fully saturated rings. The van der Waals surface area contributed by atoms with E-state index in [1.54, 1.807) is 12.3 Å². The van der Waals surface area contributed by atoms with Crippen LogP contribution in [0.3, 0.4) is 0 Å². The van der Waals surface area contributed by atoms with Crippen LogP contribution in [0.5, 0.6) is 0 Å². The molecule has 0 aliphatic carbocycles. The van der Waals surface area contributed by atoms with Crippen molar-refractivity contribution in [3.63, 3.8) is 0 Å². The molecule has 1 aromatic rings. The van der Waals surface area contributed by atoms with Crippen LogP contribution in [-0.2, 0) is 9.47 Å². The van der Waals surface area contributed by atoms with Crippen molar-refractivity contribution >= 4 is 11.9 Å². The molecule has 0 amide bonds. The van der Waals surface area contributed by atoms with Crippen LogP contribution in [-0.4, -0.2) is 48.3 Å². The van der Waals surface area contributed by atoms with Crippen LogP contribution in [0.4, 0.5) is 5.95 Å². The summed E-state index contributed by atoms with van der Waals surface area (Å²) in [6.45, 7) is 1.42. The van der Waals surface area contributed by atoms with E-state index in [4.69, 9.17) is 4.74 Å². The van der Waals surface area contributed by atoms with Gasteiger partial charge in [-0.25, -0.2) is 14.8 Å². The molecule has 2 aliphatic heterocycles. The molecule has 1 aromatic heterocycles. The molecule has 6 heteroatoms. The molecule has 0 saturated carbocycles. The van der Waals surface area contributed by atoms with Crippen molar-refractivity contribution in [2.45, 2.75) is 24.9 Å². The lowest BCUT2D eigenvalue weighted by Crippen LogP contribution is -2.46. The maximum Gasteiger partial charge on any atom is 0.356 e. The second-order valence-electron chi connectivity index (χ2n) is 4.56. The number of aromatic nitrogens is 2. The third-order valence-electron chi connectivity index (χ3n) is 3.51. The number of anilines is 1. The smallest absolute Gasteiger partial charge is 0.356 e. The SMILES string of the molecule is COC(=O)c1ccnc(N2[C@@H]3CC[C@H]2COC3)n1. The minimum atomic E-state index is -0.431. The summed E-state index contributed by atoms with van der Waals surface area (Å²) in [5, 5.41) is 0. The van der Waals surface area contributed by atoms with E-state index in [1.165, 1.54) is 7.11 Å². The summed E-state index contributed by atoms with van der Waals surface area (Å²) in [4.78, 5) is 22.2. The van der Waals surface area contributed by atoms with Gasteiger partial charge < -0.3 is 14.4 Å². The molecule has 0 spiro atoms. The molecule has 96 valence electrons. The summed E-state index contributed by atoms with van der Waals surface area (Å²) in [7, 11) is 1.35. The van der Waals surface area contributed by atoms with E-state index in [1.807, 2.05) is 0 Å². The Bertz CT molecular complexity index is 450. The summed E-state index contributed by atoms with van der Waals surface area (Å²) in [6.07, 6.45) is 3.79. The highest BCUT2D eigenvalue weighted by Crippen LogP contribution is 2.31. The molecule has 2 aliphatic rings. The molecule has 6 nitrogen and oxygen atoms in total. The fraction of sp³-hybridized carbons (Fsp3) is 0.583. The minimum Gasteiger partial charge on any atom is -0.464 e. The first kappa shape index (κ1) is 11.4. The second-order valence-corrected chi connectivity index (χ2v) is 4.56. The van der Waals surface area contributed by atoms with Gasteiger partial charge >= 0.3 is 5.97 Å². The van der Waals surface area contributed by atoms with Crippen molar-refractivity contribution in [3.05, 3.63) is 18.0 Å². The quantitative estimate of drug-likeness (QED) is 0.716. The number of methoxy groups -OCH3 is 1. The Morgan fingerprint density at radius 3 is 2.83 bits per heavy atom. The largest absolute Gasteiger partial charge is 0.464 e. The summed E-state index contributed by atoms with van der Waals surface area (Å²) >= 11 is 0. The number of esters is 1. The third-order valence-corrected chi connectivity index (χ3v) is 3.51. The summed E-state index contributed by atoms with van der Waals surface area (Å²) in [5.74, 6) is 0.174. The van der Waals surface area contributed by atoms with Gasteiger partial charge in [-0.1, -0.05) is 0 Å². The normalized spacial score (nSPS) is 26.2. The molecule has 2 bridgehead atoms. The summed E-state index contributed by atoms with van der Waals surface area (Å²) < 4.78 is 10.2. The number of ether oxygens (including phenoxy) is 2. The number of carbonyl (C=O) groups excluding carboxylic acids is 1. The predicted octanol–water partition coefficient (Wildman–Crippen LogP) is 0.631. The fourth-order valence-corrected chi connectivity index (χ4v) is 2.65. The van der Waals surface area contributed by atoms with Crippen molar-refractivity contribution in [3.8, 4) is 0 Å². The van der Waals surface area contributed by atoms with E-state index in [-0.39, 0.29) is 0 Å². The highest BCUT2D eigenvalue weighted by Gasteiger charge is 2.39. The van der Waals surface area contributed by atoms with Gasteiger partial charge in [0.1, 0.15) is 0 Å². The number of nitrogens with zero attached hydrogens (tertiary/aromatic N) is 3. The van der Waals surface area contributed by atoms with Crippen LogP contribution < -0.4 is 4.90 Å². The van der Waals surface area contributed by atoms with Gasteiger partial charge in [-0.05, 0) is 18.9 Å². The van der Waals surface area contributed by atoms with E-state index in [2.05, 4.69) is 19.6 Å². The monoisotopic (exact) mass is 249 g/mol. The average molecular weight is 249 g/mol. The van der Waals surface area contributed by atoms with Gasteiger partial charge in [0.15, 0.2) is 5.69 Å². The Labute approximate surface area is 105 Å². The van der Waals surface area contributed by atoms with Crippen molar-refractivity contribution in [1.82, 2.24) is 9.97 Å². The third kappa shape index (κ3) is 1.82. The molecule has 0 radical (unpaired) electrons. The molecular weight excluding hydrogens is 234 g/mol. The van der Waals surface area contributed by atoms with Crippen LogP contribution >= 0.6 is 0 Å². The van der Waals surface area contributed by atoms with E-state index in [0.717, 1.165) is 12.8 Å². The Kier molecular flexibility index (Phi) is 2.87. The van der Waals surface area contributed by atoms with Gasteiger partial charge in [0.2, 0.25) is 5.95 Å². The van der Waals surface area contributed by atoms with Crippen molar-refractivity contribution in [2.24, 2.45) is 0 Å². The molecule has 0 unspecified atom stereocenters. The first-order chi connectivity index (χ1) is 8.79. The lowest BCUT2D eigenvalue weighted by atomic mass is 10.2. The van der Waals surface area contributed by atoms with Gasteiger partial charge in [-0.15, -0.1) is 0 Å². The van der Waals surface area contributed by atoms with Crippen LogP contribution in [0.2, 0.25) is 0 Å². The first-order valence-electron chi connectivity index (χ1n) is 6.07. The van der Waals surface area contributed by atoms with Crippen LogP contribution in [0.25, 0.3) is 0 Å². The average Bonchev–Trinajstić information content (AvgIpc) is 2.67. The van der Waals surface area contributed by atoms with Gasteiger partial charge in [0, 0.05) is 6.20 Å². The molecule has 18 heavy (non-hydrogen) atoms. The van der Waals surface area contributed by atoms with Gasteiger partial charge in [-0.2, -0.15) is 0 Å². The summed E-state index contributed by atoms with van der Waals surface area (Å²) in [6, 6.07) is 2.23. The van der Waals surface area contributed by atoms with Crippen LogP contribution in [0.15, 0.2) is 12.3 Å². The summed E-state index contributed by atoms with van der Waals surface area (Å²) in [5.41, 5.74) is 0.299. The fourth-order valence-electron chi connectivity index (χ4n) is 2.65. The van der Waals surface area contributed by atoms with E-state index in [9.17, 15) is 4.79 Å². The maximum absolute atomic E-state index is 11.5. The molecule has 3 heterocycles.